The Balaban J connectivity index is 1.79. The number of hydrogen-bond acceptors (Lipinski definition) is 1. The second-order valence-electron chi connectivity index (χ2n) is 10.0. The average molecular weight is 477 g/mol. The number of benzene rings is 3. The Morgan fingerprint density at radius 3 is 2.31 bits per heavy atom. The SMILES string of the molecule is CCCCn1cc(/C(=C2/C=[N+](CCCC)c3ccccc32)c2ccc(N(C)C)cc2)c2ccccc21. The molecule has 0 spiro atoms. The first-order valence-corrected chi connectivity index (χ1v) is 13.4. The molecule has 1 aromatic heterocycles. The van der Waals surface area contributed by atoms with Crippen molar-refractivity contribution in [2.75, 3.05) is 25.5 Å². The van der Waals surface area contributed by atoms with Gasteiger partial charge in [0.1, 0.15) is 6.54 Å². The first-order chi connectivity index (χ1) is 17.6. The van der Waals surface area contributed by atoms with Crippen LogP contribution in [0, 0.1) is 0 Å². The summed E-state index contributed by atoms with van der Waals surface area (Å²) in [5.74, 6) is 0. The van der Waals surface area contributed by atoms with Gasteiger partial charge in [-0.1, -0.05) is 69.2 Å². The Hall–Kier alpha value is -3.59. The van der Waals surface area contributed by atoms with Crippen molar-refractivity contribution in [3.63, 3.8) is 0 Å². The lowest BCUT2D eigenvalue weighted by Gasteiger charge is -2.15. The minimum atomic E-state index is 1.04. The van der Waals surface area contributed by atoms with Crippen LogP contribution >= 0.6 is 0 Å². The topological polar surface area (TPSA) is 11.2 Å². The summed E-state index contributed by atoms with van der Waals surface area (Å²) < 4.78 is 4.91. The van der Waals surface area contributed by atoms with E-state index >= 15 is 0 Å². The van der Waals surface area contributed by atoms with Crippen molar-refractivity contribution in [2.45, 2.75) is 46.1 Å². The van der Waals surface area contributed by atoms with Crippen LogP contribution < -0.4 is 4.90 Å². The molecule has 3 aromatic carbocycles. The van der Waals surface area contributed by atoms with Gasteiger partial charge in [0.05, 0.1) is 11.1 Å². The second kappa shape index (κ2) is 10.6. The highest BCUT2D eigenvalue weighted by atomic mass is 15.1. The molecular weight excluding hydrogens is 438 g/mol. The van der Waals surface area contributed by atoms with Crippen molar-refractivity contribution in [1.29, 1.82) is 0 Å². The normalized spacial score (nSPS) is 14.2. The zero-order valence-electron chi connectivity index (χ0n) is 22.2. The molecule has 2 heterocycles. The van der Waals surface area contributed by atoms with Crippen LogP contribution in [0.2, 0.25) is 0 Å². The van der Waals surface area contributed by atoms with Crippen molar-refractivity contribution >= 4 is 39.6 Å². The highest BCUT2D eigenvalue weighted by molar-refractivity contribution is 6.25. The molecule has 0 saturated heterocycles. The van der Waals surface area contributed by atoms with Crippen LogP contribution in [-0.2, 0) is 6.54 Å². The average Bonchev–Trinajstić information content (AvgIpc) is 3.46. The lowest BCUT2D eigenvalue weighted by atomic mass is 9.90. The number of para-hydroxylation sites is 2. The summed E-state index contributed by atoms with van der Waals surface area (Å²) in [5.41, 5.74) is 10.4. The quantitative estimate of drug-likeness (QED) is 0.223. The smallest absolute Gasteiger partial charge is 0.213 e. The molecule has 36 heavy (non-hydrogen) atoms. The summed E-state index contributed by atoms with van der Waals surface area (Å²) in [6.45, 7) is 6.62. The lowest BCUT2D eigenvalue weighted by Crippen LogP contribution is -2.08. The summed E-state index contributed by atoms with van der Waals surface area (Å²) in [6, 6.07) is 26.9. The van der Waals surface area contributed by atoms with Crippen LogP contribution in [-0.4, -0.2) is 36.0 Å². The van der Waals surface area contributed by atoms with E-state index in [1.165, 1.54) is 75.8 Å². The number of nitrogens with zero attached hydrogens (tertiary/aromatic N) is 3. The number of rotatable bonds is 9. The highest BCUT2D eigenvalue weighted by Gasteiger charge is 2.29. The third kappa shape index (κ3) is 4.51. The van der Waals surface area contributed by atoms with E-state index in [2.05, 4.69) is 127 Å². The van der Waals surface area contributed by atoms with E-state index in [1.54, 1.807) is 0 Å². The van der Waals surface area contributed by atoms with Crippen molar-refractivity contribution in [2.24, 2.45) is 0 Å². The number of aryl methyl sites for hydroxylation is 1. The van der Waals surface area contributed by atoms with Gasteiger partial charge in [0.15, 0.2) is 6.21 Å². The standard InChI is InChI=1S/C33H38N3/c1-5-7-21-35-23-29(27-13-9-11-15-31(27)35)33(25-17-19-26(20-18-25)34(3)4)30-24-36(22-8-6-2)32-16-12-10-14-28(30)32/h9-20,23-24H,5-8,21-22H2,1-4H3/q+1. The van der Waals surface area contributed by atoms with Crippen LogP contribution in [0.1, 0.15) is 56.2 Å². The molecule has 0 atom stereocenters. The highest BCUT2D eigenvalue weighted by Crippen LogP contribution is 2.41. The zero-order valence-corrected chi connectivity index (χ0v) is 22.2. The van der Waals surface area contributed by atoms with Gasteiger partial charge in [-0.3, -0.25) is 0 Å². The fourth-order valence-corrected chi connectivity index (χ4v) is 5.30. The van der Waals surface area contributed by atoms with Crippen LogP contribution in [0.5, 0.6) is 0 Å². The van der Waals surface area contributed by atoms with E-state index in [0.717, 1.165) is 13.1 Å². The molecule has 0 fully saturated rings. The third-order valence-corrected chi connectivity index (χ3v) is 7.29. The minimum Gasteiger partial charge on any atom is -0.378 e. The van der Waals surface area contributed by atoms with Gasteiger partial charge in [0.25, 0.3) is 0 Å². The summed E-state index contributed by atoms with van der Waals surface area (Å²) in [6.07, 6.45) is 9.54. The molecule has 0 aliphatic carbocycles. The Bertz CT molecular complexity index is 1420. The molecule has 1 aliphatic heterocycles. The third-order valence-electron chi connectivity index (χ3n) is 7.29. The summed E-state index contributed by atoms with van der Waals surface area (Å²) in [4.78, 5) is 2.16. The summed E-state index contributed by atoms with van der Waals surface area (Å²) >= 11 is 0. The van der Waals surface area contributed by atoms with Crippen LogP contribution in [0.3, 0.4) is 0 Å². The number of anilines is 1. The van der Waals surface area contributed by atoms with Gasteiger partial charge in [-0.15, -0.1) is 0 Å². The minimum absolute atomic E-state index is 1.04. The van der Waals surface area contributed by atoms with E-state index in [0.29, 0.717) is 0 Å². The van der Waals surface area contributed by atoms with E-state index in [-0.39, 0.29) is 0 Å². The Labute approximate surface area is 216 Å². The van der Waals surface area contributed by atoms with Crippen molar-refractivity contribution in [3.05, 3.63) is 95.7 Å². The van der Waals surface area contributed by atoms with Gasteiger partial charge < -0.3 is 9.47 Å². The molecule has 1 aliphatic rings. The Kier molecular flexibility index (Phi) is 7.09. The van der Waals surface area contributed by atoms with Crippen LogP contribution in [0.25, 0.3) is 22.0 Å². The number of unbranched alkanes of at least 4 members (excludes halogenated alkanes) is 2. The van der Waals surface area contributed by atoms with Crippen LogP contribution in [0.15, 0.2) is 79.0 Å². The number of aromatic nitrogens is 1. The zero-order chi connectivity index (χ0) is 25.1. The predicted octanol–water partition coefficient (Wildman–Crippen LogP) is 8.00. The van der Waals surface area contributed by atoms with Crippen molar-refractivity contribution < 1.29 is 4.58 Å². The molecule has 0 N–H and O–H groups in total. The van der Waals surface area contributed by atoms with E-state index < -0.39 is 0 Å². The van der Waals surface area contributed by atoms with Gasteiger partial charge >= 0.3 is 0 Å². The van der Waals surface area contributed by atoms with E-state index in [1.807, 2.05) is 0 Å². The fraction of sp³-hybridized carbons (Fsp3) is 0.303. The molecule has 5 rings (SSSR count). The largest absolute Gasteiger partial charge is 0.378 e. The molecule has 184 valence electrons. The van der Waals surface area contributed by atoms with Gasteiger partial charge in [0, 0.05) is 67.1 Å². The molecule has 0 radical (unpaired) electrons. The summed E-state index contributed by atoms with van der Waals surface area (Å²) in [7, 11) is 4.20. The van der Waals surface area contributed by atoms with E-state index in [4.69, 9.17) is 0 Å². The van der Waals surface area contributed by atoms with E-state index in [9.17, 15) is 0 Å². The maximum absolute atomic E-state index is 2.46. The van der Waals surface area contributed by atoms with Crippen molar-refractivity contribution in [1.82, 2.24) is 4.57 Å². The maximum Gasteiger partial charge on any atom is 0.213 e. The van der Waals surface area contributed by atoms with Gasteiger partial charge in [-0.2, -0.15) is 4.58 Å². The molecular formula is C33H38N3+. The molecule has 3 nitrogen and oxygen atoms in total. The molecule has 0 saturated carbocycles. The first kappa shape index (κ1) is 24.1. The van der Waals surface area contributed by atoms with Gasteiger partial charge in [-0.05, 0) is 36.2 Å². The Morgan fingerprint density at radius 2 is 1.56 bits per heavy atom. The Morgan fingerprint density at radius 1 is 0.833 bits per heavy atom. The number of hydrogen-bond donors (Lipinski definition) is 0. The van der Waals surface area contributed by atoms with Crippen molar-refractivity contribution in [3.8, 4) is 0 Å². The first-order valence-electron chi connectivity index (χ1n) is 13.4. The number of allylic oxidation sites excluding steroid dienone is 1. The lowest BCUT2D eigenvalue weighted by molar-refractivity contribution is -0.432. The van der Waals surface area contributed by atoms with Gasteiger partial charge in [-0.25, -0.2) is 0 Å². The molecule has 0 bridgehead atoms. The van der Waals surface area contributed by atoms with Crippen LogP contribution in [0.4, 0.5) is 11.4 Å². The molecule has 0 unspecified atom stereocenters. The molecule has 3 heteroatoms. The second-order valence-corrected chi connectivity index (χ2v) is 10.0. The monoisotopic (exact) mass is 476 g/mol. The predicted molar refractivity (Wildman–Crippen MR) is 156 cm³/mol. The fourth-order valence-electron chi connectivity index (χ4n) is 5.30. The number of fused-ring (bicyclic) bond motifs is 2. The van der Waals surface area contributed by atoms with Gasteiger partial charge in [0.2, 0.25) is 5.69 Å². The maximum atomic E-state index is 2.46. The summed E-state index contributed by atoms with van der Waals surface area (Å²) in [5, 5.41) is 1.32. The molecule has 4 aromatic rings. The molecule has 0 amide bonds.